The van der Waals surface area contributed by atoms with E-state index in [0.717, 1.165) is 12.1 Å². The maximum atomic E-state index is 13.1. The first kappa shape index (κ1) is 14.6. The zero-order valence-corrected chi connectivity index (χ0v) is 10.5. The van der Waals surface area contributed by atoms with E-state index in [2.05, 4.69) is 0 Å². The second kappa shape index (κ2) is 6.44. The normalized spacial score (nSPS) is 12.7. The van der Waals surface area contributed by atoms with E-state index in [-0.39, 0.29) is 12.5 Å². The van der Waals surface area contributed by atoms with Crippen molar-refractivity contribution in [1.29, 1.82) is 0 Å². The Bertz CT molecular complexity index is 423. The number of carboxylic acids is 1. The molecule has 1 unspecified atom stereocenters. The molecule has 0 fully saturated rings. The van der Waals surface area contributed by atoms with Gasteiger partial charge in [0.05, 0.1) is 6.42 Å². The van der Waals surface area contributed by atoms with Crippen LogP contribution < -0.4 is 0 Å². The Kier molecular flexibility index (Phi) is 5.22. The lowest BCUT2D eigenvalue weighted by atomic mass is 10.1. The van der Waals surface area contributed by atoms with Crippen LogP contribution in [0.3, 0.4) is 0 Å². The van der Waals surface area contributed by atoms with Crippen LogP contribution in [0.5, 0.6) is 0 Å². The van der Waals surface area contributed by atoms with E-state index >= 15 is 0 Å². The van der Waals surface area contributed by atoms with Gasteiger partial charge in [-0.05, 0) is 31.2 Å². The van der Waals surface area contributed by atoms with Crippen molar-refractivity contribution in [2.24, 2.45) is 0 Å². The number of halogens is 2. The van der Waals surface area contributed by atoms with Gasteiger partial charge in [0.2, 0.25) is 0 Å². The summed E-state index contributed by atoms with van der Waals surface area (Å²) in [5.74, 6) is -2.62. The minimum atomic E-state index is -0.880. The molecule has 0 aliphatic carbocycles. The monoisotopic (exact) mass is 257 g/mol. The molecule has 0 bridgehead atoms. The third-order valence-electron chi connectivity index (χ3n) is 2.87. The molecule has 0 radical (unpaired) electrons. The van der Waals surface area contributed by atoms with E-state index in [1.54, 1.807) is 6.92 Å². The van der Waals surface area contributed by atoms with Gasteiger partial charge in [-0.15, -0.1) is 0 Å². The van der Waals surface area contributed by atoms with Gasteiger partial charge in [0.1, 0.15) is 0 Å². The number of hydrogen-bond donors (Lipinski definition) is 1. The lowest BCUT2D eigenvalue weighted by Gasteiger charge is -2.26. The van der Waals surface area contributed by atoms with Crippen molar-refractivity contribution in [2.45, 2.75) is 32.9 Å². The van der Waals surface area contributed by atoms with Crippen LogP contribution in [0, 0.1) is 11.6 Å². The van der Waals surface area contributed by atoms with Crippen LogP contribution >= 0.6 is 0 Å². The highest BCUT2D eigenvalue weighted by atomic mass is 19.2. The Labute approximate surface area is 105 Å². The van der Waals surface area contributed by atoms with Crippen LogP contribution in [-0.4, -0.2) is 28.6 Å². The maximum absolute atomic E-state index is 13.1. The molecule has 1 atom stereocenters. The standard InChI is InChI=1S/C13H17F2NO2/c1-3-16(9(2)6-13(17)18)8-10-4-5-11(14)12(15)7-10/h4-5,7,9H,3,6,8H2,1-2H3,(H,17,18). The number of carboxylic acid groups (broad SMARTS) is 1. The summed E-state index contributed by atoms with van der Waals surface area (Å²) in [6, 6.07) is 3.58. The van der Waals surface area contributed by atoms with Gasteiger partial charge in [-0.3, -0.25) is 9.69 Å². The molecule has 0 amide bonds. The van der Waals surface area contributed by atoms with E-state index in [9.17, 15) is 13.6 Å². The fourth-order valence-corrected chi connectivity index (χ4v) is 1.83. The summed E-state index contributed by atoms with van der Waals surface area (Å²) in [6.07, 6.45) is 0.0253. The van der Waals surface area contributed by atoms with Gasteiger partial charge in [0.15, 0.2) is 11.6 Å². The van der Waals surface area contributed by atoms with Crippen molar-refractivity contribution in [3.8, 4) is 0 Å². The molecule has 0 saturated carbocycles. The quantitative estimate of drug-likeness (QED) is 0.851. The average Bonchev–Trinajstić information content (AvgIpc) is 2.29. The number of carbonyl (C=O) groups is 1. The van der Waals surface area contributed by atoms with Gasteiger partial charge in [0.25, 0.3) is 0 Å². The number of aliphatic carboxylic acids is 1. The van der Waals surface area contributed by atoms with Crippen LogP contribution in [0.4, 0.5) is 8.78 Å². The summed E-state index contributed by atoms with van der Waals surface area (Å²) in [5, 5.41) is 8.74. The van der Waals surface area contributed by atoms with E-state index in [0.29, 0.717) is 18.7 Å². The fraction of sp³-hybridized carbons (Fsp3) is 0.462. The van der Waals surface area contributed by atoms with Gasteiger partial charge in [-0.2, -0.15) is 0 Å². The van der Waals surface area contributed by atoms with Gasteiger partial charge in [0, 0.05) is 12.6 Å². The highest BCUT2D eigenvalue weighted by Gasteiger charge is 2.16. The predicted molar refractivity (Wildman–Crippen MR) is 64.2 cm³/mol. The minimum absolute atomic E-state index is 0.0253. The van der Waals surface area contributed by atoms with Crippen molar-refractivity contribution in [2.75, 3.05) is 6.54 Å². The van der Waals surface area contributed by atoms with Crippen LogP contribution in [0.2, 0.25) is 0 Å². The molecule has 3 nitrogen and oxygen atoms in total. The highest BCUT2D eigenvalue weighted by molar-refractivity contribution is 5.67. The maximum Gasteiger partial charge on any atom is 0.304 e. The first-order valence-corrected chi connectivity index (χ1v) is 5.83. The molecular formula is C13H17F2NO2. The van der Waals surface area contributed by atoms with Crippen LogP contribution in [0.25, 0.3) is 0 Å². The summed E-state index contributed by atoms with van der Waals surface area (Å²) >= 11 is 0. The van der Waals surface area contributed by atoms with Gasteiger partial charge in [-0.25, -0.2) is 8.78 Å². The number of rotatable bonds is 6. The Morgan fingerprint density at radius 2 is 2.06 bits per heavy atom. The molecule has 1 N–H and O–H groups in total. The first-order chi connectivity index (χ1) is 8.43. The molecular weight excluding hydrogens is 240 g/mol. The molecule has 0 spiro atoms. The summed E-state index contributed by atoms with van der Waals surface area (Å²) < 4.78 is 25.8. The molecule has 100 valence electrons. The zero-order valence-electron chi connectivity index (χ0n) is 10.5. The lowest BCUT2D eigenvalue weighted by molar-refractivity contribution is -0.138. The fourth-order valence-electron chi connectivity index (χ4n) is 1.83. The Hall–Kier alpha value is -1.49. The summed E-state index contributed by atoms with van der Waals surface area (Å²) in [6.45, 7) is 4.76. The molecule has 1 rings (SSSR count). The van der Waals surface area contributed by atoms with Crippen LogP contribution in [0.1, 0.15) is 25.8 Å². The van der Waals surface area contributed by atoms with Crippen molar-refractivity contribution in [1.82, 2.24) is 4.90 Å². The third-order valence-corrected chi connectivity index (χ3v) is 2.87. The summed E-state index contributed by atoms with van der Waals surface area (Å²) in [7, 11) is 0. The zero-order chi connectivity index (χ0) is 13.7. The predicted octanol–water partition coefficient (Wildman–Crippen LogP) is 2.65. The van der Waals surface area contributed by atoms with Crippen molar-refractivity contribution >= 4 is 5.97 Å². The van der Waals surface area contributed by atoms with Gasteiger partial charge < -0.3 is 5.11 Å². The summed E-state index contributed by atoms with van der Waals surface area (Å²) in [5.41, 5.74) is 0.632. The van der Waals surface area contributed by atoms with Gasteiger partial charge >= 0.3 is 5.97 Å². The molecule has 0 aliphatic rings. The van der Waals surface area contributed by atoms with Crippen molar-refractivity contribution in [3.63, 3.8) is 0 Å². The number of hydrogen-bond acceptors (Lipinski definition) is 2. The van der Waals surface area contributed by atoms with Crippen molar-refractivity contribution < 1.29 is 18.7 Å². The largest absolute Gasteiger partial charge is 0.481 e. The molecule has 1 aromatic carbocycles. The molecule has 0 aromatic heterocycles. The van der Waals surface area contributed by atoms with E-state index in [1.807, 2.05) is 11.8 Å². The molecule has 1 aromatic rings. The Morgan fingerprint density at radius 1 is 1.39 bits per heavy atom. The highest BCUT2D eigenvalue weighted by Crippen LogP contribution is 2.13. The average molecular weight is 257 g/mol. The van der Waals surface area contributed by atoms with E-state index in [4.69, 9.17) is 5.11 Å². The SMILES string of the molecule is CCN(Cc1ccc(F)c(F)c1)C(C)CC(=O)O. The topological polar surface area (TPSA) is 40.5 Å². The van der Waals surface area contributed by atoms with Crippen molar-refractivity contribution in [3.05, 3.63) is 35.4 Å². The first-order valence-electron chi connectivity index (χ1n) is 5.83. The van der Waals surface area contributed by atoms with E-state index < -0.39 is 17.6 Å². The van der Waals surface area contributed by atoms with Crippen LogP contribution in [-0.2, 0) is 11.3 Å². The second-order valence-electron chi connectivity index (χ2n) is 4.26. The van der Waals surface area contributed by atoms with Gasteiger partial charge in [-0.1, -0.05) is 13.0 Å². The minimum Gasteiger partial charge on any atom is -0.481 e. The van der Waals surface area contributed by atoms with E-state index in [1.165, 1.54) is 6.07 Å². The molecule has 18 heavy (non-hydrogen) atoms. The molecule has 5 heteroatoms. The molecule has 0 heterocycles. The smallest absolute Gasteiger partial charge is 0.304 e. The summed E-state index contributed by atoms with van der Waals surface area (Å²) in [4.78, 5) is 12.5. The molecule has 0 aliphatic heterocycles. The van der Waals surface area contributed by atoms with Crippen LogP contribution in [0.15, 0.2) is 18.2 Å². The lowest BCUT2D eigenvalue weighted by Crippen LogP contribution is -2.34. The third kappa shape index (κ3) is 4.07. The number of nitrogens with zero attached hydrogens (tertiary/aromatic N) is 1. The number of benzene rings is 1. The Balaban J connectivity index is 2.72. The second-order valence-corrected chi connectivity index (χ2v) is 4.26. The molecule has 0 saturated heterocycles. The Morgan fingerprint density at radius 3 is 2.56 bits per heavy atom.